The van der Waals surface area contributed by atoms with Gasteiger partial charge >= 0.3 is 5.97 Å². The molecule has 0 spiro atoms. The summed E-state index contributed by atoms with van der Waals surface area (Å²) >= 11 is 0. The molecule has 12 nitrogen and oxygen atoms in total. The monoisotopic (exact) mass is 647 g/mol. The number of carbonyl (C=O) groups excluding carboxylic acids is 2. The molecule has 3 heterocycles. The Kier molecular flexibility index (Phi) is 12.1. The summed E-state index contributed by atoms with van der Waals surface area (Å²) in [5.41, 5.74) is 0. The molecule has 256 valence electrons. The summed E-state index contributed by atoms with van der Waals surface area (Å²) < 4.78 is 55.6. The van der Waals surface area contributed by atoms with E-state index in [0.717, 1.165) is 12.8 Å². The molecule has 7 atom stereocenters. The van der Waals surface area contributed by atoms with Gasteiger partial charge in [0.25, 0.3) is 5.79 Å². The third kappa shape index (κ3) is 8.40. The summed E-state index contributed by atoms with van der Waals surface area (Å²) in [5, 5.41) is 2.91. The van der Waals surface area contributed by atoms with Gasteiger partial charge in [-0.25, -0.2) is 4.79 Å². The number of methoxy groups -OCH3 is 2. The van der Waals surface area contributed by atoms with Gasteiger partial charge in [-0.1, -0.05) is 34.6 Å². The molecule has 3 aliphatic heterocycles. The van der Waals surface area contributed by atoms with Crippen molar-refractivity contribution in [3.8, 4) is 0 Å². The Balaban J connectivity index is 2.01. The molecule has 0 aromatic rings. The van der Waals surface area contributed by atoms with Gasteiger partial charge in [-0.15, -0.1) is 0 Å². The maximum absolute atomic E-state index is 13.3. The Bertz CT molecular complexity index is 982. The Morgan fingerprint density at radius 3 is 2.16 bits per heavy atom. The first-order valence-electron chi connectivity index (χ1n) is 15.9. The van der Waals surface area contributed by atoms with Crippen LogP contribution in [0, 0.1) is 0 Å². The Morgan fingerprint density at radius 1 is 1.02 bits per heavy atom. The normalized spacial score (nSPS) is 32.8. The van der Waals surface area contributed by atoms with Crippen molar-refractivity contribution < 1.29 is 51.9 Å². The lowest BCUT2D eigenvalue weighted by atomic mass is 9.88. The van der Waals surface area contributed by atoms with Crippen molar-refractivity contribution in [2.24, 2.45) is 0 Å². The largest absolute Gasteiger partial charge is 0.465 e. The molecular weight excluding hydrogens is 590 g/mol. The zero-order valence-electron chi connectivity index (χ0n) is 28.9. The van der Waals surface area contributed by atoms with Gasteiger partial charge in [-0.2, -0.15) is 0 Å². The summed E-state index contributed by atoms with van der Waals surface area (Å²) in [4.78, 5) is 26.0. The molecule has 1 N–H and O–H groups in total. The smallest absolute Gasteiger partial charge is 0.366 e. The van der Waals surface area contributed by atoms with Crippen LogP contribution in [-0.2, 0) is 51.9 Å². The quantitative estimate of drug-likeness (QED) is 0.230. The van der Waals surface area contributed by atoms with Crippen LogP contribution in [0.25, 0.3) is 0 Å². The average Bonchev–Trinajstić information content (AvgIpc) is 3.53. The number of nitrogens with one attached hydrogen (secondary N) is 1. The maximum atomic E-state index is 13.3. The van der Waals surface area contributed by atoms with E-state index in [-0.39, 0.29) is 36.7 Å². The second-order valence-electron chi connectivity index (χ2n) is 14.0. The SMILES string of the molecule is CCC1(CC)OCC(CCO[C@@H]([C@@H]2O[C@](OC)(C(=O)OC)C[C@H](O[Si](C)(C)C(C)(C)C)[C@H]2NC(C)=O)[C@H]2COC(C)(C)O2)O1. The van der Waals surface area contributed by atoms with E-state index < -0.39 is 62.1 Å². The third-order valence-corrected chi connectivity index (χ3v) is 14.0. The maximum Gasteiger partial charge on any atom is 0.366 e. The van der Waals surface area contributed by atoms with Crippen molar-refractivity contribution in [1.82, 2.24) is 5.32 Å². The van der Waals surface area contributed by atoms with Gasteiger partial charge in [0.1, 0.15) is 18.3 Å². The highest BCUT2D eigenvalue weighted by molar-refractivity contribution is 6.74. The average molecular weight is 648 g/mol. The molecule has 0 radical (unpaired) electrons. The number of ether oxygens (including phenoxy) is 8. The van der Waals surface area contributed by atoms with E-state index in [4.69, 9.17) is 42.3 Å². The van der Waals surface area contributed by atoms with Crippen molar-refractivity contribution in [2.45, 2.75) is 153 Å². The molecular formula is C31H57NO11Si. The molecule has 3 aliphatic rings. The molecule has 0 bridgehead atoms. The van der Waals surface area contributed by atoms with Crippen LogP contribution >= 0.6 is 0 Å². The van der Waals surface area contributed by atoms with E-state index in [0.29, 0.717) is 13.0 Å². The van der Waals surface area contributed by atoms with Crippen molar-refractivity contribution in [3.63, 3.8) is 0 Å². The predicted octanol–water partition coefficient (Wildman–Crippen LogP) is 4.04. The lowest BCUT2D eigenvalue weighted by molar-refractivity contribution is -0.308. The first-order chi connectivity index (χ1) is 20.4. The molecule has 0 aromatic heterocycles. The fraction of sp³-hybridized carbons (Fsp3) is 0.935. The second-order valence-corrected chi connectivity index (χ2v) is 18.8. The van der Waals surface area contributed by atoms with Crippen molar-refractivity contribution >= 4 is 20.2 Å². The summed E-state index contributed by atoms with van der Waals surface area (Å²) in [6, 6.07) is -0.703. The Hall–Kier alpha value is -1.16. The van der Waals surface area contributed by atoms with Gasteiger partial charge in [0.15, 0.2) is 19.9 Å². The standard InChI is InChI=1S/C31H57NO11Si/c1-13-30(14-2)39-18-21(40-30)15-16-37-25(23-19-38-29(7,8)41-23)26-24(32-20(3)33)22(43-44(11,12)28(4,5)6)17-31(36-10,42-26)27(34)35-9/h21-26H,13-19H2,1-12H3,(H,32,33)/t21?,22-,23+,24+,25+,26+,31-/m0/s1. The van der Waals surface area contributed by atoms with Gasteiger partial charge in [0, 0.05) is 27.1 Å². The molecule has 1 amide bonds. The number of rotatable bonds is 13. The van der Waals surface area contributed by atoms with E-state index in [1.807, 2.05) is 27.7 Å². The van der Waals surface area contributed by atoms with E-state index in [1.165, 1.54) is 21.1 Å². The first kappa shape index (κ1) is 37.3. The molecule has 0 aliphatic carbocycles. The minimum Gasteiger partial charge on any atom is -0.465 e. The lowest BCUT2D eigenvalue weighted by Gasteiger charge is -2.51. The Morgan fingerprint density at radius 2 is 1.68 bits per heavy atom. The van der Waals surface area contributed by atoms with Gasteiger partial charge in [-0.3, -0.25) is 4.79 Å². The minimum absolute atomic E-state index is 0.00768. The molecule has 0 aromatic carbocycles. The van der Waals surface area contributed by atoms with Crippen molar-refractivity contribution in [1.29, 1.82) is 0 Å². The van der Waals surface area contributed by atoms with Crippen LogP contribution in [0.3, 0.4) is 0 Å². The highest BCUT2D eigenvalue weighted by Crippen LogP contribution is 2.43. The van der Waals surface area contributed by atoms with Gasteiger partial charge in [0.2, 0.25) is 5.91 Å². The van der Waals surface area contributed by atoms with Crippen molar-refractivity contribution in [2.75, 3.05) is 34.0 Å². The number of esters is 1. The van der Waals surface area contributed by atoms with Crippen LogP contribution in [0.2, 0.25) is 18.1 Å². The second kappa shape index (κ2) is 14.3. The molecule has 44 heavy (non-hydrogen) atoms. The molecule has 0 saturated carbocycles. The van der Waals surface area contributed by atoms with Crippen LogP contribution in [-0.4, -0.2) is 108 Å². The summed E-state index contributed by atoms with van der Waals surface area (Å²) in [5.74, 6) is -4.23. The zero-order valence-corrected chi connectivity index (χ0v) is 29.9. The number of hydrogen-bond donors (Lipinski definition) is 1. The van der Waals surface area contributed by atoms with Crippen LogP contribution in [0.1, 0.15) is 81.1 Å². The van der Waals surface area contributed by atoms with E-state index in [9.17, 15) is 9.59 Å². The van der Waals surface area contributed by atoms with Crippen LogP contribution < -0.4 is 5.32 Å². The van der Waals surface area contributed by atoms with Gasteiger partial charge < -0.3 is 47.6 Å². The van der Waals surface area contributed by atoms with Gasteiger partial charge in [0.05, 0.1) is 38.6 Å². The van der Waals surface area contributed by atoms with Crippen LogP contribution in [0.4, 0.5) is 0 Å². The number of carbonyl (C=O) groups is 2. The first-order valence-corrected chi connectivity index (χ1v) is 18.8. The van der Waals surface area contributed by atoms with Crippen LogP contribution in [0.15, 0.2) is 0 Å². The molecule has 3 rings (SSSR count). The topological polar surface area (TPSA) is 129 Å². The van der Waals surface area contributed by atoms with E-state index in [2.05, 4.69) is 39.2 Å². The molecule has 3 saturated heterocycles. The predicted molar refractivity (Wildman–Crippen MR) is 164 cm³/mol. The number of amides is 1. The lowest BCUT2D eigenvalue weighted by Crippen LogP contribution is -2.70. The molecule has 1 unspecified atom stereocenters. The summed E-state index contributed by atoms with van der Waals surface area (Å²) in [7, 11) is 0.251. The summed E-state index contributed by atoms with van der Waals surface area (Å²) in [6.07, 6.45) is -1.05. The van der Waals surface area contributed by atoms with E-state index in [1.54, 1.807) is 0 Å². The van der Waals surface area contributed by atoms with Crippen LogP contribution in [0.5, 0.6) is 0 Å². The fourth-order valence-electron chi connectivity index (χ4n) is 5.80. The number of hydrogen-bond acceptors (Lipinski definition) is 11. The van der Waals surface area contributed by atoms with E-state index >= 15 is 0 Å². The van der Waals surface area contributed by atoms with Crippen molar-refractivity contribution in [3.05, 3.63) is 0 Å². The molecule has 3 fully saturated rings. The fourth-order valence-corrected chi connectivity index (χ4v) is 7.14. The Labute approximate surface area is 264 Å². The highest BCUT2D eigenvalue weighted by Gasteiger charge is 2.59. The molecule has 13 heteroatoms. The highest BCUT2D eigenvalue weighted by atomic mass is 28.4. The third-order valence-electron chi connectivity index (χ3n) is 9.46. The minimum atomic E-state index is -2.43. The summed E-state index contributed by atoms with van der Waals surface area (Å²) in [6.45, 7) is 20.8. The zero-order chi connectivity index (χ0) is 33.1. The van der Waals surface area contributed by atoms with Gasteiger partial charge in [-0.05, 0) is 51.2 Å².